The first-order chi connectivity index (χ1) is 15.1. The number of amides is 2. The Labute approximate surface area is 202 Å². The van der Waals surface area contributed by atoms with Gasteiger partial charge in [-0.25, -0.2) is 0 Å². The highest BCUT2D eigenvalue weighted by atomic mass is 79.9. The number of carbonyl (C=O) groups excluding carboxylic acids is 3. The molecule has 1 aliphatic heterocycles. The van der Waals surface area contributed by atoms with E-state index in [1.165, 1.54) is 0 Å². The minimum atomic E-state index is -0.854. The smallest absolute Gasteiger partial charge is 0.308 e. The fourth-order valence-corrected chi connectivity index (χ4v) is 3.64. The lowest BCUT2D eigenvalue weighted by molar-refractivity contribution is -0.151. The van der Waals surface area contributed by atoms with Crippen molar-refractivity contribution < 1.29 is 23.9 Å². The van der Waals surface area contributed by atoms with Crippen LogP contribution in [0.3, 0.4) is 0 Å². The van der Waals surface area contributed by atoms with Crippen molar-refractivity contribution in [2.75, 3.05) is 19.7 Å². The zero-order chi connectivity index (χ0) is 23.8. The fourth-order valence-electron chi connectivity index (χ4n) is 2.97. The quantitative estimate of drug-likeness (QED) is 0.396. The molecule has 2 amide bonds. The van der Waals surface area contributed by atoms with Crippen molar-refractivity contribution in [3.05, 3.63) is 28.2 Å². The summed E-state index contributed by atoms with van der Waals surface area (Å²) in [6.07, 6.45) is 0.274. The molecule has 2 N–H and O–H groups in total. The number of esters is 1. The Morgan fingerprint density at radius 3 is 2.72 bits per heavy atom. The van der Waals surface area contributed by atoms with Crippen molar-refractivity contribution in [3.8, 4) is 5.75 Å². The lowest BCUT2D eigenvalue weighted by atomic mass is 10.1. The number of nitrogens with one attached hydrogen (secondary N) is 2. The number of ether oxygens (including phenoxy) is 2. The van der Waals surface area contributed by atoms with Crippen LogP contribution in [0.5, 0.6) is 5.75 Å². The van der Waals surface area contributed by atoms with Crippen molar-refractivity contribution >= 4 is 51.0 Å². The summed E-state index contributed by atoms with van der Waals surface area (Å²) in [5.74, 6) is -0.554. The van der Waals surface area contributed by atoms with Crippen LogP contribution >= 0.6 is 28.1 Å². The van der Waals surface area contributed by atoms with Gasteiger partial charge < -0.3 is 19.7 Å². The largest absolute Gasteiger partial charge is 0.492 e. The molecule has 0 aliphatic carbocycles. The monoisotopic (exact) mass is 527 g/mol. The highest BCUT2D eigenvalue weighted by Crippen LogP contribution is 2.24. The van der Waals surface area contributed by atoms with Gasteiger partial charge >= 0.3 is 5.97 Å². The second-order valence-electron chi connectivity index (χ2n) is 8.02. The predicted octanol–water partition coefficient (Wildman–Crippen LogP) is 3.03. The molecular formula is C22H30BrN3O5S. The number of rotatable bonds is 8. The summed E-state index contributed by atoms with van der Waals surface area (Å²) >= 11 is 8.81. The number of piperazine rings is 1. The molecule has 0 aromatic heterocycles. The molecule has 2 rings (SSSR count). The van der Waals surface area contributed by atoms with Gasteiger partial charge in [0, 0.05) is 17.6 Å². The van der Waals surface area contributed by atoms with Gasteiger partial charge in [-0.05, 0) is 49.7 Å². The average Bonchev–Trinajstić information content (AvgIpc) is 2.73. The van der Waals surface area contributed by atoms with Gasteiger partial charge in [-0.3, -0.25) is 19.7 Å². The fraction of sp³-hybridized carbons (Fsp3) is 0.545. The van der Waals surface area contributed by atoms with E-state index in [0.29, 0.717) is 47.8 Å². The Balaban J connectivity index is 2.13. The van der Waals surface area contributed by atoms with Crippen LogP contribution in [0.4, 0.5) is 0 Å². The van der Waals surface area contributed by atoms with Gasteiger partial charge in [0.2, 0.25) is 5.91 Å². The first-order valence-electron chi connectivity index (χ1n) is 10.6. The highest BCUT2D eigenvalue weighted by molar-refractivity contribution is 9.10. The van der Waals surface area contributed by atoms with Crippen LogP contribution in [-0.4, -0.2) is 59.6 Å². The Kier molecular flexibility index (Phi) is 9.89. The van der Waals surface area contributed by atoms with E-state index in [9.17, 15) is 14.4 Å². The van der Waals surface area contributed by atoms with Gasteiger partial charge in [0.25, 0.3) is 5.91 Å². The Bertz CT molecular complexity index is 864. The predicted molar refractivity (Wildman–Crippen MR) is 129 cm³/mol. The van der Waals surface area contributed by atoms with E-state index < -0.39 is 17.9 Å². The SMILES string of the molecule is CCC(C)OC(=O)CC1C(=O)NCCN1C(=S)NC(=O)c1cc(Br)ccc1OCC(C)C. The molecule has 1 heterocycles. The maximum absolute atomic E-state index is 13.0. The second-order valence-corrected chi connectivity index (χ2v) is 9.32. The number of thiocarbonyl (C=S) groups is 1. The molecule has 1 fully saturated rings. The van der Waals surface area contributed by atoms with E-state index in [0.717, 1.165) is 0 Å². The number of nitrogens with zero attached hydrogens (tertiary/aromatic N) is 1. The van der Waals surface area contributed by atoms with E-state index in [1.807, 2.05) is 20.8 Å². The van der Waals surface area contributed by atoms with Crippen LogP contribution in [0, 0.1) is 5.92 Å². The summed E-state index contributed by atoms with van der Waals surface area (Å²) < 4.78 is 11.8. The maximum atomic E-state index is 13.0. The van der Waals surface area contributed by atoms with Gasteiger partial charge in [0.1, 0.15) is 11.8 Å². The topological polar surface area (TPSA) is 97.0 Å². The zero-order valence-electron chi connectivity index (χ0n) is 18.8. The molecule has 1 aliphatic rings. The van der Waals surface area contributed by atoms with Crippen molar-refractivity contribution in [2.24, 2.45) is 5.92 Å². The van der Waals surface area contributed by atoms with Crippen LogP contribution in [0.1, 0.15) is 50.9 Å². The van der Waals surface area contributed by atoms with E-state index in [-0.39, 0.29) is 23.5 Å². The Morgan fingerprint density at radius 1 is 1.34 bits per heavy atom. The molecule has 0 radical (unpaired) electrons. The van der Waals surface area contributed by atoms with Crippen LogP contribution in [0.15, 0.2) is 22.7 Å². The van der Waals surface area contributed by atoms with Crippen molar-refractivity contribution in [1.82, 2.24) is 15.5 Å². The van der Waals surface area contributed by atoms with E-state index in [4.69, 9.17) is 21.7 Å². The normalized spacial score (nSPS) is 16.9. The van der Waals surface area contributed by atoms with Crippen molar-refractivity contribution in [2.45, 2.75) is 52.7 Å². The second kappa shape index (κ2) is 12.2. The average molecular weight is 528 g/mol. The number of benzene rings is 1. The van der Waals surface area contributed by atoms with Crippen molar-refractivity contribution in [1.29, 1.82) is 0 Å². The first-order valence-corrected chi connectivity index (χ1v) is 11.8. The minimum Gasteiger partial charge on any atom is -0.492 e. The third-order valence-corrected chi connectivity index (χ3v) is 5.67. The molecule has 0 bridgehead atoms. The lowest BCUT2D eigenvalue weighted by Gasteiger charge is -2.36. The summed E-state index contributed by atoms with van der Waals surface area (Å²) in [5, 5.41) is 5.48. The lowest BCUT2D eigenvalue weighted by Crippen LogP contribution is -2.60. The molecule has 8 nitrogen and oxygen atoms in total. The molecule has 0 saturated carbocycles. The van der Waals surface area contributed by atoms with Crippen LogP contribution in [-0.2, 0) is 14.3 Å². The zero-order valence-corrected chi connectivity index (χ0v) is 21.2. The highest BCUT2D eigenvalue weighted by Gasteiger charge is 2.34. The number of hydrogen-bond acceptors (Lipinski definition) is 6. The minimum absolute atomic E-state index is 0.0703. The summed E-state index contributed by atoms with van der Waals surface area (Å²) in [6.45, 7) is 8.90. The molecular weight excluding hydrogens is 498 g/mol. The number of halogens is 1. The van der Waals surface area contributed by atoms with Gasteiger partial charge in [-0.1, -0.05) is 36.7 Å². The van der Waals surface area contributed by atoms with Crippen LogP contribution in [0.25, 0.3) is 0 Å². The molecule has 1 aromatic carbocycles. The standard InChI is InChI=1S/C22H30BrN3O5S/c1-5-14(4)31-19(27)11-17-21(29)24-8-9-26(17)22(32)25-20(28)16-10-15(23)6-7-18(16)30-12-13(2)3/h6-7,10,13-14,17H,5,8-9,11-12H2,1-4H3,(H,24,29)(H,25,28,32). The molecule has 32 heavy (non-hydrogen) atoms. The summed E-state index contributed by atoms with van der Waals surface area (Å²) in [6, 6.07) is 4.30. The van der Waals surface area contributed by atoms with E-state index in [2.05, 4.69) is 26.6 Å². The summed E-state index contributed by atoms with van der Waals surface area (Å²) in [4.78, 5) is 39.3. The molecule has 176 valence electrons. The van der Waals surface area contributed by atoms with Gasteiger partial charge in [-0.15, -0.1) is 0 Å². The van der Waals surface area contributed by atoms with Gasteiger partial charge in [-0.2, -0.15) is 0 Å². The van der Waals surface area contributed by atoms with Crippen LogP contribution < -0.4 is 15.4 Å². The van der Waals surface area contributed by atoms with Crippen molar-refractivity contribution in [3.63, 3.8) is 0 Å². The van der Waals surface area contributed by atoms with E-state index in [1.54, 1.807) is 30.0 Å². The molecule has 1 saturated heterocycles. The van der Waals surface area contributed by atoms with Crippen LogP contribution in [0.2, 0.25) is 0 Å². The molecule has 0 spiro atoms. The third-order valence-electron chi connectivity index (χ3n) is 4.84. The van der Waals surface area contributed by atoms with Gasteiger partial charge in [0.05, 0.1) is 24.7 Å². The Hall–Kier alpha value is -2.20. The molecule has 10 heteroatoms. The summed E-state index contributed by atoms with van der Waals surface area (Å²) in [7, 11) is 0. The molecule has 2 atom stereocenters. The van der Waals surface area contributed by atoms with Gasteiger partial charge in [0.15, 0.2) is 5.11 Å². The maximum Gasteiger partial charge on any atom is 0.308 e. The first kappa shape index (κ1) is 26.1. The number of hydrogen-bond donors (Lipinski definition) is 2. The summed E-state index contributed by atoms with van der Waals surface area (Å²) in [5.41, 5.74) is 0.316. The third kappa shape index (κ3) is 7.44. The molecule has 2 unspecified atom stereocenters. The number of carbonyl (C=O) groups is 3. The molecule has 1 aromatic rings. The van der Waals surface area contributed by atoms with E-state index >= 15 is 0 Å². The Morgan fingerprint density at radius 2 is 2.06 bits per heavy atom.